The van der Waals surface area contributed by atoms with Crippen LogP contribution in [0.5, 0.6) is 11.5 Å². The van der Waals surface area contributed by atoms with Crippen LogP contribution in [0.3, 0.4) is 0 Å². The number of methoxy groups -OCH3 is 2. The molecule has 0 aliphatic rings. The zero-order chi connectivity index (χ0) is 25.4. The lowest BCUT2D eigenvalue weighted by Gasteiger charge is -2.14. The molecule has 3 rings (SSSR count). The maximum absolute atomic E-state index is 13.1. The topological polar surface area (TPSA) is 129 Å². The number of nitro benzene ring substituents is 1. The quantitative estimate of drug-likeness (QED) is 0.250. The van der Waals surface area contributed by atoms with Crippen molar-refractivity contribution in [2.45, 2.75) is 6.92 Å². The highest BCUT2D eigenvalue weighted by Crippen LogP contribution is 2.35. The number of rotatable bonds is 10. The van der Waals surface area contributed by atoms with Gasteiger partial charge < -0.3 is 24.8 Å². The van der Waals surface area contributed by atoms with Crippen molar-refractivity contribution in [2.75, 3.05) is 38.1 Å². The van der Waals surface area contributed by atoms with Crippen molar-refractivity contribution in [3.05, 3.63) is 87.5 Å². The number of hydrogen-bond acceptors (Lipinski definition) is 7. The number of aryl methyl sites for hydroxylation is 1. The number of para-hydroxylation sites is 1. The minimum Gasteiger partial charge on any atom is -0.493 e. The zero-order valence-corrected chi connectivity index (χ0v) is 19.5. The van der Waals surface area contributed by atoms with E-state index in [9.17, 15) is 19.7 Å². The Balaban J connectivity index is 1.89. The summed E-state index contributed by atoms with van der Waals surface area (Å²) in [6.07, 6.45) is 0. The largest absolute Gasteiger partial charge is 0.493 e. The molecule has 0 saturated carbocycles. The van der Waals surface area contributed by atoms with Crippen molar-refractivity contribution in [1.82, 2.24) is 0 Å². The van der Waals surface area contributed by atoms with Gasteiger partial charge in [0.2, 0.25) is 0 Å². The summed E-state index contributed by atoms with van der Waals surface area (Å²) in [5.74, 6) is -0.984. The number of ether oxygens (including phenoxy) is 3. The number of amides is 2. The smallest absolute Gasteiger partial charge is 0.286 e. The molecular formula is C25H25N3O7. The Kier molecular flexibility index (Phi) is 8.36. The van der Waals surface area contributed by atoms with Crippen molar-refractivity contribution in [1.29, 1.82) is 0 Å². The van der Waals surface area contributed by atoms with Crippen LogP contribution >= 0.6 is 0 Å². The van der Waals surface area contributed by atoms with Gasteiger partial charge in [-0.05, 0) is 36.8 Å². The monoisotopic (exact) mass is 479 g/mol. The fourth-order valence-electron chi connectivity index (χ4n) is 3.29. The van der Waals surface area contributed by atoms with Gasteiger partial charge in [0, 0.05) is 18.9 Å². The van der Waals surface area contributed by atoms with Gasteiger partial charge in [-0.25, -0.2) is 0 Å². The highest BCUT2D eigenvalue weighted by molar-refractivity contribution is 6.13. The predicted octanol–water partition coefficient (Wildman–Crippen LogP) is 4.44. The Hall–Kier alpha value is -4.44. The van der Waals surface area contributed by atoms with Gasteiger partial charge in [0.25, 0.3) is 17.5 Å². The predicted molar refractivity (Wildman–Crippen MR) is 131 cm³/mol. The van der Waals surface area contributed by atoms with Crippen LogP contribution in [0.2, 0.25) is 0 Å². The van der Waals surface area contributed by atoms with Crippen LogP contribution in [0.15, 0.2) is 60.7 Å². The molecule has 0 saturated heterocycles. The summed E-state index contributed by atoms with van der Waals surface area (Å²) in [5, 5.41) is 17.1. The second-order valence-electron chi connectivity index (χ2n) is 7.44. The number of carbonyl (C=O) groups excluding carboxylic acids is 2. The summed E-state index contributed by atoms with van der Waals surface area (Å²) in [4.78, 5) is 37.0. The lowest BCUT2D eigenvalue weighted by atomic mass is 10.1. The first-order valence-corrected chi connectivity index (χ1v) is 10.6. The maximum Gasteiger partial charge on any atom is 0.286 e. The molecule has 3 aromatic carbocycles. The van der Waals surface area contributed by atoms with Gasteiger partial charge in [0.1, 0.15) is 12.2 Å². The molecule has 10 nitrogen and oxygen atoms in total. The zero-order valence-electron chi connectivity index (χ0n) is 19.5. The Morgan fingerprint density at radius 3 is 2.31 bits per heavy atom. The number of benzene rings is 3. The number of hydrogen-bond donors (Lipinski definition) is 2. The van der Waals surface area contributed by atoms with Gasteiger partial charge >= 0.3 is 0 Å². The van der Waals surface area contributed by atoms with Crippen LogP contribution in [0.25, 0.3) is 0 Å². The van der Waals surface area contributed by atoms with Gasteiger partial charge in [-0.2, -0.15) is 0 Å². The third-order valence-corrected chi connectivity index (χ3v) is 4.96. The Labute approximate surface area is 202 Å². The average Bonchev–Trinajstić information content (AvgIpc) is 2.84. The van der Waals surface area contributed by atoms with Gasteiger partial charge in [0.05, 0.1) is 36.0 Å². The van der Waals surface area contributed by atoms with Crippen LogP contribution in [0.1, 0.15) is 26.3 Å². The third kappa shape index (κ3) is 6.33. The molecule has 35 heavy (non-hydrogen) atoms. The van der Waals surface area contributed by atoms with Crippen LogP contribution < -0.4 is 20.1 Å². The molecule has 2 amide bonds. The van der Waals surface area contributed by atoms with E-state index in [1.165, 1.54) is 26.4 Å². The normalized spacial score (nSPS) is 10.4. The molecule has 0 aliphatic heterocycles. The lowest BCUT2D eigenvalue weighted by Crippen LogP contribution is -2.19. The fraction of sp³-hybridized carbons (Fsp3) is 0.200. The van der Waals surface area contributed by atoms with E-state index in [0.717, 1.165) is 11.6 Å². The Bertz CT molecular complexity index is 1240. The van der Waals surface area contributed by atoms with Crippen LogP contribution in [0.4, 0.5) is 17.1 Å². The molecule has 3 aromatic rings. The van der Waals surface area contributed by atoms with Gasteiger partial charge in [-0.1, -0.05) is 24.3 Å². The lowest BCUT2D eigenvalue weighted by molar-refractivity contribution is -0.385. The van der Waals surface area contributed by atoms with Crippen LogP contribution in [-0.2, 0) is 4.74 Å². The van der Waals surface area contributed by atoms with E-state index >= 15 is 0 Å². The highest BCUT2D eigenvalue weighted by atomic mass is 16.6. The molecule has 0 aliphatic carbocycles. The second kappa shape index (κ2) is 11.6. The Morgan fingerprint density at radius 1 is 0.886 bits per heavy atom. The molecule has 0 unspecified atom stereocenters. The van der Waals surface area contributed by atoms with E-state index in [4.69, 9.17) is 14.2 Å². The number of nitro groups is 1. The Morgan fingerprint density at radius 2 is 1.63 bits per heavy atom. The van der Waals surface area contributed by atoms with Crippen molar-refractivity contribution >= 4 is 28.9 Å². The standard InChI is InChI=1S/C25H25N3O7/c1-16-7-6-8-17(13-16)26-24(29)18-9-4-5-10-20(18)27-25(30)19-14-22(34-3)23(35-12-11-33-2)15-21(19)28(31)32/h4-10,13-15H,11-12H2,1-3H3,(H,26,29)(H,27,30). The van der Waals surface area contributed by atoms with Crippen LogP contribution in [-0.4, -0.2) is 44.2 Å². The van der Waals surface area contributed by atoms with Crippen molar-refractivity contribution in [3.8, 4) is 11.5 Å². The molecule has 0 fully saturated rings. The van der Waals surface area contributed by atoms with Crippen molar-refractivity contribution in [2.24, 2.45) is 0 Å². The molecule has 0 radical (unpaired) electrons. The summed E-state index contributed by atoms with van der Waals surface area (Å²) >= 11 is 0. The van der Waals surface area contributed by atoms with Crippen molar-refractivity contribution in [3.63, 3.8) is 0 Å². The van der Waals surface area contributed by atoms with Gasteiger partial charge in [-0.3, -0.25) is 19.7 Å². The summed E-state index contributed by atoms with van der Waals surface area (Å²) < 4.78 is 15.7. The maximum atomic E-state index is 13.1. The highest BCUT2D eigenvalue weighted by Gasteiger charge is 2.26. The fourth-order valence-corrected chi connectivity index (χ4v) is 3.29. The summed E-state index contributed by atoms with van der Waals surface area (Å²) in [6.45, 7) is 2.30. The SMILES string of the molecule is COCCOc1cc([N+](=O)[O-])c(C(=O)Nc2ccccc2C(=O)Nc2cccc(C)c2)cc1OC. The molecule has 0 bridgehead atoms. The van der Waals surface area contributed by atoms with E-state index < -0.39 is 22.4 Å². The molecule has 182 valence electrons. The molecule has 0 spiro atoms. The number of carbonyl (C=O) groups is 2. The second-order valence-corrected chi connectivity index (χ2v) is 7.44. The molecule has 10 heteroatoms. The first-order chi connectivity index (χ1) is 16.8. The molecule has 2 N–H and O–H groups in total. The van der Waals surface area contributed by atoms with E-state index in [2.05, 4.69) is 10.6 Å². The average molecular weight is 479 g/mol. The minimum absolute atomic E-state index is 0.103. The molecular weight excluding hydrogens is 454 g/mol. The third-order valence-electron chi connectivity index (χ3n) is 4.96. The number of nitrogens with one attached hydrogen (secondary N) is 2. The molecule has 0 heterocycles. The first-order valence-electron chi connectivity index (χ1n) is 10.6. The van der Waals surface area contributed by atoms with E-state index in [1.807, 2.05) is 25.1 Å². The molecule has 0 aromatic heterocycles. The van der Waals surface area contributed by atoms with E-state index in [1.54, 1.807) is 24.3 Å². The summed E-state index contributed by atoms with van der Waals surface area (Å²) in [7, 11) is 2.85. The van der Waals surface area contributed by atoms with E-state index in [0.29, 0.717) is 5.69 Å². The van der Waals surface area contributed by atoms with Crippen molar-refractivity contribution < 1.29 is 28.7 Å². The molecule has 0 atom stereocenters. The van der Waals surface area contributed by atoms with Crippen LogP contribution in [0, 0.1) is 17.0 Å². The summed E-state index contributed by atoms with van der Waals surface area (Å²) in [5.41, 5.74) is 1.23. The number of anilines is 2. The first kappa shape index (κ1) is 25.2. The summed E-state index contributed by atoms with van der Waals surface area (Å²) in [6, 6.07) is 16.0. The van der Waals surface area contributed by atoms with Gasteiger partial charge in [0.15, 0.2) is 11.5 Å². The number of nitrogens with zero attached hydrogens (tertiary/aromatic N) is 1. The van der Waals surface area contributed by atoms with E-state index in [-0.39, 0.29) is 41.5 Å². The minimum atomic E-state index is -0.783. The van der Waals surface area contributed by atoms with Gasteiger partial charge in [-0.15, -0.1) is 0 Å².